The number of aromatic amines is 1. The molecule has 58 valence electrons. The van der Waals surface area contributed by atoms with E-state index in [1.165, 1.54) is 12.3 Å². The molecule has 1 aromatic heterocycles. The Morgan fingerprint density at radius 2 is 2.33 bits per heavy atom. The van der Waals surface area contributed by atoms with Crippen molar-refractivity contribution in [2.24, 2.45) is 0 Å². The highest BCUT2D eigenvalue weighted by atomic mass is 35.5. The standard InChI is InChI=1S/C8H3ClN2O/c9-7-4-6(2-1-3-10)5-11-8(7)12/h4-5H,(H,11,12). The molecule has 0 fully saturated rings. The van der Waals surface area contributed by atoms with Gasteiger partial charge in [-0.3, -0.25) is 4.79 Å². The minimum absolute atomic E-state index is 0.0692. The molecule has 1 rings (SSSR count). The van der Waals surface area contributed by atoms with Crippen LogP contribution in [-0.2, 0) is 0 Å². The Morgan fingerprint density at radius 3 is 2.92 bits per heavy atom. The zero-order chi connectivity index (χ0) is 8.97. The number of nitriles is 1. The average molecular weight is 179 g/mol. The highest BCUT2D eigenvalue weighted by molar-refractivity contribution is 6.30. The second-order valence-electron chi connectivity index (χ2n) is 1.93. The molecular weight excluding hydrogens is 176 g/mol. The molecule has 0 unspecified atom stereocenters. The van der Waals surface area contributed by atoms with Gasteiger partial charge in [0.15, 0.2) is 6.07 Å². The maximum atomic E-state index is 10.7. The number of halogens is 1. The lowest BCUT2D eigenvalue weighted by atomic mass is 10.3. The van der Waals surface area contributed by atoms with E-state index in [-0.39, 0.29) is 10.6 Å². The van der Waals surface area contributed by atoms with Crippen molar-refractivity contribution in [3.05, 3.63) is 33.2 Å². The maximum absolute atomic E-state index is 10.7. The number of rotatable bonds is 0. The van der Waals surface area contributed by atoms with Crippen LogP contribution in [0.4, 0.5) is 0 Å². The van der Waals surface area contributed by atoms with Gasteiger partial charge in [0.2, 0.25) is 0 Å². The molecule has 1 aromatic rings. The van der Waals surface area contributed by atoms with Gasteiger partial charge in [0, 0.05) is 17.7 Å². The summed E-state index contributed by atoms with van der Waals surface area (Å²) in [6, 6.07) is 3.06. The van der Waals surface area contributed by atoms with Crippen LogP contribution in [0.2, 0.25) is 5.02 Å². The van der Waals surface area contributed by atoms with Gasteiger partial charge in [-0.1, -0.05) is 11.6 Å². The Kier molecular flexibility index (Phi) is 2.53. The van der Waals surface area contributed by atoms with Gasteiger partial charge in [0.1, 0.15) is 5.02 Å². The normalized spacial score (nSPS) is 8.00. The van der Waals surface area contributed by atoms with Crippen molar-refractivity contribution in [3.63, 3.8) is 0 Å². The average Bonchev–Trinajstić information content (AvgIpc) is 2.07. The number of nitrogens with one attached hydrogen (secondary N) is 1. The van der Waals surface area contributed by atoms with Crippen molar-refractivity contribution in [2.45, 2.75) is 0 Å². The fourth-order valence-corrected chi connectivity index (χ4v) is 0.800. The molecule has 0 atom stereocenters. The third kappa shape index (κ3) is 1.88. The highest BCUT2D eigenvalue weighted by Crippen LogP contribution is 2.01. The van der Waals surface area contributed by atoms with Crippen LogP contribution in [0.1, 0.15) is 5.56 Å². The molecule has 12 heavy (non-hydrogen) atoms. The number of aromatic nitrogens is 1. The minimum Gasteiger partial charge on any atom is -0.327 e. The van der Waals surface area contributed by atoms with Crippen molar-refractivity contribution >= 4 is 11.6 Å². The van der Waals surface area contributed by atoms with E-state index in [1.54, 1.807) is 6.07 Å². The van der Waals surface area contributed by atoms with Crippen molar-refractivity contribution in [3.8, 4) is 17.9 Å². The summed E-state index contributed by atoms with van der Waals surface area (Å²) in [5, 5.41) is 8.19. The lowest BCUT2D eigenvalue weighted by Gasteiger charge is -1.89. The van der Waals surface area contributed by atoms with E-state index in [0.717, 1.165) is 0 Å². The van der Waals surface area contributed by atoms with Crippen LogP contribution >= 0.6 is 11.6 Å². The van der Waals surface area contributed by atoms with Crippen LogP contribution in [0.25, 0.3) is 0 Å². The van der Waals surface area contributed by atoms with Crippen molar-refractivity contribution in [1.29, 1.82) is 5.26 Å². The van der Waals surface area contributed by atoms with Gasteiger partial charge in [0.05, 0.1) is 0 Å². The maximum Gasteiger partial charge on any atom is 0.266 e. The first-order chi connectivity index (χ1) is 5.74. The number of nitrogens with zero attached hydrogens (tertiary/aromatic N) is 1. The predicted octanol–water partition coefficient (Wildman–Crippen LogP) is 0.903. The first-order valence-electron chi connectivity index (χ1n) is 3.02. The molecule has 0 aromatic carbocycles. The summed E-state index contributed by atoms with van der Waals surface area (Å²) in [5.41, 5.74) is 0.153. The summed E-state index contributed by atoms with van der Waals surface area (Å²) in [5.74, 6) is 4.68. The van der Waals surface area contributed by atoms with E-state index >= 15 is 0 Å². The Bertz CT molecular complexity index is 445. The fourth-order valence-electron chi connectivity index (χ4n) is 0.628. The van der Waals surface area contributed by atoms with E-state index in [2.05, 4.69) is 16.8 Å². The highest BCUT2D eigenvalue weighted by Gasteiger charge is 1.94. The van der Waals surface area contributed by atoms with Crippen LogP contribution in [-0.4, -0.2) is 4.98 Å². The third-order valence-electron chi connectivity index (χ3n) is 1.12. The molecule has 0 aliphatic heterocycles. The third-order valence-corrected chi connectivity index (χ3v) is 1.40. The van der Waals surface area contributed by atoms with Gasteiger partial charge >= 0.3 is 0 Å². The summed E-state index contributed by atoms with van der Waals surface area (Å²) >= 11 is 5.50. The minimum atomic E-state index is -0.362. The molecule has 3 nitrogen and oxygen atoms in total. The quantitative estimate of drug-likeness (QED) is 0.601. The molecular formula is C8H3ClN2O. The van der Waals surface area contributed by atoms with Crippen LogP contribution in [0.3, 0.4) is 0 Å². The predicted molar refractivity (Wildman–Crippen MR) is 44.6 cm³/mol. The second-order valence-corrected chi connectivity index (χ2v) is 2.33. The molecule has 0 bridgehead atoms. The zero-order valence-corrected chi connectivity index (χ0v) is 6.64. The van der Waals surface area contributed by atoms with E-state index < -0.39 is 0 Å². The first kappa shape index (κ1) is 8.39. The SMILES string of the molecule is N#CC#Cc1c[nH]c(=O)c(Cl)c1. The molecule has 0 spiro atoms. The molecule has 0 amide bonds. The van der Waals surface area contributed by atoms with E-state index in [0.29, 0.717) is 5.56 Å². The Hall–Kier alpha value is -1.71. The number of pyridine rings is 1. The Morgan fingerprint density at radius 1 is 1.58 bits per heavy atom. The topological polar surface area (TPSA) is 56.6 Å². The largest absolute Gasteiger partial charge is 0.327 e. The monoisotopic (exact) mass is 178 g/mol. The number of hydrogen-bond donors (Lipinski definition) is 1. The lowest BCUT2D eigenvalue weighted by molar-refractivity contribution is 1.23. The zero-order valence-electron chi connectivity index (χ0n) is 5.89. The summed E-state index contributed by atoms with van der Waals surface area (Å²) in [4.78, 5) is 13.1. The summed E-state index contributed by atoms with van der Waals surface area (Å²) in [6.07, 6.45) is 1.40. The molecule has 0 saturated heterocycles. The summed E-state index contributed by atoms with van der Waals surface area (Å²) in [7, 11) is 0. The fraction of sp³-hybridized carbons (Fsp3) is 0. The second kappa shape index (κ2) is 3.61. The van der Waals surface area contributed by atoms with Gasteiger partial charge in [-0.2, -0.15) is 5.26 Å². The molecule has 0 aliphatic rings. The first-order valence-corrected chi connectivity index (χ1v) is 3.40. The van der Waals surface area contributed by atoms with Crippen LogP contribution in [0, 0.1) is 23.2 Å². The summed E-state index contributed by atoms with van der Waals surface area (Å²) in [6.45, 7) is 0. The Balaban J connectivity index is 3.16. The summed E-state index contributed by atoms with van der Waals surface area (Å²) < 4.78 is 0. The van der Waals surface area contributed by atoms with Crippen LogP contribution in [0.15, 0.2) is 17.1 Å². The molecule has 0 aliphatic carbocycles. The van der Waals surface area contributed by atoms with Gasteiger partial charge in [-0.15, -0.1) is 0 Å². The van der Waals surface area contributed by atoms with E-state index in [1.807, 2.05) is 0 Å². The lowest BCUT2D eigenvalue weighted by Crippen LogP contribution is -2.04. The van der Waals surface area contributed by atoms with E-state index in [9.17, 15) is 4.79 Å². The van der Waals surface area contributed by atoms with Gasteiger partial charge < -0.3 is 4.98 Å². The van der Waals surface area contributed by atoms with Crippen molar-refractivity contribution in [2.75, 3.05) is 0 Å². The van der Waals surface area contributed by atoms with Gasteiger partial charge in [-0.25, -0.2) is 0 Å². The van der Waals surface area contributed by atoms with Gasteiger partial charge in [0.25, 0.3) is 5.56 Å². The molecule has 1 heterocycles. The van der Waals surface area contributed by atoms with Crippen molar-refractivity contribution in [1.82, 2.24) is 4.98 Å². The van der Waals surface area contributed by atoms with Crippen LogP contribution < -0.4 is 5.56 Å². The molecule has 0 radical (unpaired) electrons. The molecule has 4 heteroatoms. The molecule has 1 N–H and O–H groups in total. The van der Waals surface area contributed by atoms with E-state index in [4.69, 9.17) is 16.9 Å². The Labute approximate surface area is 73.6 Å². The number of hydrogen-bond acceptors (Lipinski definition) is 2. The van der Waals surface area contributed by atoms with Crippen LogP contribution in [0.5, 0.6) is 0 Å². The smallest absolute Gasteiger partial charge is 0.266 e. The molecule has 0 saturated carbocycles. The van der Waals surface area contributed by atoms with Crippen molar-refractivity contribution < 1.29 is 0 Å². The van der Waals surface area contributed by atoms with Gasteiger partial charge in [-0.05, 0) is 12.0 Å². The number of H-pyrrole nitrogens is 1.